The maximum Gasteiger partial charge on any atom is 0.145 e. The number of aromatic nitrogens is 1. The highest BCUT2D eigenvalue weighted by Crippen LogP contribution is 2.30. The van der Waals surface area contributed by atoms with E-state index in [1.165, 1.54) is 29.0 Å². The fraction of sp³-hybridized carbons (Fsp3) is 0.500. The second-order valence-corrected chi connectivity index (χ2v) is 5.88. The molecule has 1 atom stereocenters. The van der Waals surface area contributed by atoms with Crippen molar-refractivity contribution in [1.82, 2.24) is 10.3 Å². The van der Waals surface area contributed by atoms with Crippen LogP contribution in [0.15, 0.2) is 18.2 Å². The number of nitrogens with zero attached hydrogens (tertiary/aromatic N) is 1. The van der Waals surface area contributed by atoms with E-state index in [1.54, 1.807) is 18.4 Å². The molecule has 3 rings (SSSR count). The van der Waals surface area contributed by atoms with Gasteiger partial charge in [-0.25, -0.2) is 4.98 Å². The summed E-state index contributed by atoms with van der Waals surface area (Å²) in [4.78, 5) is 4.73. The number of piperidine rings is 1. The minimum absolute atomic E-state index is 0.602. The number of fused-ring (bicyclic) bond motifs is 1. The van der Waals surface area contributed by atoms with Crippen LogP contribution in [0, 0.1) is 0 Å². The SMILES string of the molecule is COc1cccc2sc(CC3CCCCN3)nc12. The van der Waals surface area contributed by atoms with Crippen LogP contribution >= 0.6 is 11.3 Å². The third-order valence-corrected chi connectivity index (χ3v) is 4.52. The molecular weight excluding hydrogens is 244 g/mol. The van der Waals surface area contributed by atoms with Crippen LogP contribution in [0.1, 0.15) is 24.3 Å². The van der Waals surface area contributed by atoms with Crippen LogP contribution in [0.5, 0.6) is 5.75 Å². The molecule has 96 valence electrons. The molecule has 0 amide bonds. The fourth-order valence-electron chi connectivity index (χ4n) is 2.53. The second kappa shape index (κ2) is 5.24. The van der Waals surface area contributed by atoms with Gasteiger partial charge in [0.05, 0.1) is 16.8 Å². The minimum Gasteiger partial charge on any atom is -0.494 e. The number of benzene rings is 1. The third kappa shape index (κ3) is 2.35. The second-order valence-electron chi connectivity index (χ2n) is 4.77. The molecular formula is C14H18N2OS. The molecule has 0 spiro atoms. The van der Waals surface area contributed by atoms with Gasteiger partial charge >= 0.3 is 0 Å². The van der Waals surface area contributed by atoms with Gasteiger partial charge in [-0.05, 0) is 31.5 Å². The first-order valence-electron chi connectivity index (χ1n) is 6.52. The molecule has 1 N–H and O–H groups in total. The van der Waals surface area contributed by atoms with Crippen LogP contribution in [0.3, 0.4) is 0 Å². The number of nitrogens with one attached hydrogen (secondary N) is 1. The molecule has 2 heterocycles. The average molecular weight is 262 g/mol. The summed E-state index contributed by atoms with van der Waals surface area (Å²) in [6, 6.07) is 6.73. The smallest absolute Gasteiger partial charge is 0.145 e. The summed E-state index contributed by atoms with van der Waals surface area (Å²) in [5.41, 5.74) is 1.01. The van der Waals surface area contributed by atoms with Crippen molar-refractivity contribution in [3.63, 3.8) is 0 Å². The largest absolute Gasteiger partial charge is 0.494 e. The molecule has 4 heteroatoms. The Bertz CT molecular complexity index is 532. The zero-order valence-corrected chi connectivity index (χ0v) is 11.4. The molecule has 1 aliphatic rings. The zero-order chi connectivity index (χ0) is 12.4. The van der Waals surface area contributed by atoms with Crippen molar-refractivity contribution in [2.75, 3.05) is 13.7 Å². The van der Waals surface area contributed by atoms with E-state index in [2.05, 4.69) is 11.4 Å². The van der Waals surface area contributed by atoms with Crippen LogP contribution in [-0.4, -0.2) is 24.7 Å². The predicted molar refractivity (Wildman–Crippen MR) is 75.5 cm³/mol. The Morgan fingerprint density at radius 2 is 2.39 bits per heavy atom. The minimum atomic E-state index is 0.602. The topological polar surface area (TPSA) is 34.1 Å². The Balaban J connectivity index is 1.84. The monoisotopic (exact) mass is 262 g/mol. The van der Waals surface area contributed by atoms with Gasteiger partial charge in [0.25, 0.3) is 0 Å². The molecule has 1 fully saturated rings. The number of para-hydroxylation sites is 1. The average Bonchev–Trinajstić information content (AvgIpc) is 2.82. The number of hydrogen-bond acceptors (Lipinski definition) is 4. The van der Waals surface area contributed by atoms with E-state index < -0.39 is 0 Å². The van der Waals surface area contributed by atoms with Gasteiger partial charge in [0.15, 0.2) is 0 Å². The van der Waals surface area contributed by atoms with Gasteiger partial charge in [-0.2, -0.15) is 0 Å². The van der Waals surface area contributed by atoms with Gasteiger partial charge in [0.1, 0.15) is 11.3 Å². The van der Waals surface area contributed by atoms with E-state index in [0.717, 1.165) is 24.2 Å². The van der Waals surface area contributed by atoms with E-state index in [0.29, 0.717) is 6.04 Å². The molecule has 18 heavy (non-hydrogen) atoms. The van der Waals surface area contributed by atoms with Gasteiger partial charge in [-0.3, -0.25) is 0 Å². The third-order valence-electron chi connectivity index (χ3n) is 3.48. The highest BCUT2D eigenvalue weighted by molar-refractivity contribution is 7.18. The lowest BCUT2D eigenvalue weighted by Crippen LogP contribution is -2.35. The van der Waals surface area contributed by atoms with Gasteiger partial charge < -0.3 is 10.1 Å². The summed E-state index contributed by atoms with van der Waals surface area (Å²) in [5.74, 6) is 0.881. The normalized spacial score (nSPS) is 20.2. The van der Waals surface area contributed by atoms with Crippen molar-refractivity contribution in [3.8, 4) is 5.75 Å². The lowest BCUT2D eigenvalue weighted by molar-refractivity contribution is 0.399. The Morgan fingerprint density at radius 1 is 1.44 bits per heavy atom. The summed E-state index contributed by atoms with van der Waals surface area (Å²) in [6.07, 6.45) is 4.96. The summed E-state index contributed by atoms with van der Waals surface area (Å²) >= 11 is 1.79. The van der Waals surface area contributed by atoms with Gasteiger partial charge in [0.2, 0.25) is 0 Å². The van der Waals surface area contributed by atoms with E-state index >= 15 is 0 Å². The van der Waals surface area contributed by atoms with Crippen molar-refractivity contribution in [1.29, 1.82) is 0 Å². The Labute approximate surface area is 111 Å². The molecule has 0 radical (unpaired) electrons. The molecule has 2 aromatic rings. The van der Waals surface area contributed by atoms with Crippen LogP contribution in [0.4, 0.5) is 0 Å². The number of rotatable bonds is 3. The highest BCUT2D eigenvalue weighted by atomic mass is 32.1. The van der Waals surface area contributed by atoms with E-state index in [9.17, 15) is 0 Å². The molecule has 1 saturated heterocycles. The van der Waals surface area contributed by atoms with Crippen molar-refractivity contribution < 1.29 is 4.74 Å². The predicted octanol–water partition coefficient (Wildman–Crippen LogP) is 2.99. The van der Waals surface area contributed by atoms with Crippen molar-refractivity contribution >= 4 is 21.6 Å². The van der Waals surface area contributed by atoms with Crippen LogP contribution < -0.4 is 10.1 Å². The molecule has 3 nitrogen and oxygen atoms in total. The first-order valence-corrected chi connectivity index (χ1v) is 7.34. The van der Waals surface area contributed by atoms with E-state index in [1.807, 2.05) is 12.1 Å². The fourth-order valence-corrected chi connectivity index (χ4v) is 3.60. The molecule has 0 saturated carbocycles. The summed E-state index contributed by atoms with van der Waals surface area (Å²) in [6.45, 7) is 1.15. The number of hydrogen-bond donors (Lipinski definition) is 1. The maximum atomic E-state index is 5.36. The molecule has 0 bridgehead atoms. The first kappa shape index (κ1) is 11.9. The van der Waals surface area contributed by atoms with E-state index in [4.69, 9.17) is 9.72 Å². The van der Waals surface area contributed by atoms with Crippen LogP contribution in [0.25, 0.3) is 10.2 Å². The maximum absolute atomic E-state index is 5.36. The summed E-state index contributed by atoms with van der Waals surface area (Å²) < 4.78 is 6.58. The van der Waals surface area contributed by atoms with Crippen LogP contribution in [-0.2, 0) is 6.42 Å². The van der Waals surface area contributed by atoms with Gasteiger partial charge in [-0.1, -0.05) is 12.5 Å². The Morgan fingerprint density at radius 3 is 3.17 bits per heavy atom. The van der Waals surface area contributed by atoms with E-state index in [-0.39, 0.29) is 0 Å². The first-order chi connectivity index (χ1) is 8.86. The zero-order valence-electron chi connectivity index (χ0n) is 10.6. The molecule has 1 aliphatic heterocycles. The quantitative estimate of drug-likeness (QED) is 0.923. The number of methoxy groups -OCH3 is 1. The van der Waals surface area contributed by atoms with Gasteiger partial charge in [0, 0.05) is 12.5 Å². The highest BCUT2D eigenvalue weighted by Gasteiger charge is 2.16. The van der Waals surface area contributed by atoms with Crippen molar-refractivity contribution in [2.24, 2.45) is 0 Å². The molecule has 0 aliphatic carbocycles. The van der Waals surface area contributed by atoms with Gasteiger partial charge in [-0.15, -0.1) is 11.3 Å². The molecule has 1 aromatic carbocycles. The molecule has 1 aromatic heterocycles. The summed E-state index contributed by atoms with van der Waals surface area (Å²) in [5, 5.41) is 4.79. The molecule has 1 unspecified atom stereocenters. The van der Waals surface area contributed by atoms with Crippen LogP contribution in [0.2, 0.25) is 0 Å². The van der Waals surface area contributed by atoms with Crippen molar-refractivity contribution in [3.05, 3.63) is 23.2 Å². The Kier molecular flexibility index (Phi) is 3.48. The summed E-state index contributed by atoms with van der Waals surface area (Å²) in [7, 11) is 1.70. The number of thiazole rings is 1. The van der Waals surface area contributed by atoms with Crippen molar-refractivity contribution in [2.45, 2.75) is 31.7 Å². The number of ether oxygens (including phenoxy) is 1. The standard InChI is InChI=1S/C14H18N2OS/c1-17-11-6-4-7-12-14(11)16-13(18-12)9-10-5-2-3-8-15-10/h4,6-7,10,15H,2-3,5,8-9H2,1H3. The lowest BCUT2D eigenvalue weighted by Gasteiger charge is -2.22. The lowest BCUT2D eigenvalue weighted by atomic mass is 10.0. The Hall–Kier alpha value is -1.13.